The molecule has 0 spiro atoms. The summed E-state index contributed by atoms with van der Waals surface area (Å²) in [6.07, 6.45) is 0. The third kappa shape index (κ3) is 4.21. The topological polar surface area (TPSA) is 93.1 Å². The van der Waals surface area contributed by atoms with Crippen LogP contribution in [0.4, 0.5) is 5.69 Å². The van der Waals surface area contributed by atoms with Gasteiger partial charge in [0.1, 0.15) is 5.82 Å². The molecule has 1 amide bonds. The SMILES string of the molecule is CCNS(=O)(=O)c1ccc(C(=O)Nc2ccc(-c3nc4ccccc4n3C)cc2)cc1. The maximum atomic E-state index is 12.5. The number of hydrogen-bond acceptors (Lipinski definition) is 4. The van der Waals surface area contributed by atoms with Gasteiger partial charge in [-0.25, -0.2) is 18.1 Å². The lowest BCUT2D eigenvalue weighted by Crippen LogP contribution is -2.23. The predicted octanol–water partition coefficient (Wildman–Crippen LogP) is 3.79. The predicted molar refractivity (Wildman–Crippen MR) is 121 cm³/mol. The van der Waals surface area contributed by atoms with Gasteiger partial charge in [-0.2, -0.15) is 0 Å². The van der Waals surface area contributed by atoms with Crippen LogP contribution in [0.25, 0.3) is 22.4 Å². The van der Waals surface area contributed by atoms with Crippen LogP contribution in [0.3, 0.4) is 0 Å². The van der Waals surface area contributed by atoms with Crippen LogP contribution in [0.1, 0.15) is 17.3 Å². The number of aromatic nitrogens is 2. The molecule has 0 saturated heterocycles. The van der Waals surface area contributed by atoms with Crippen molar-refractivity contribution in [3.8, 4) is 11.4 Å². The van der Waals surface area contributed by atoms with E-state index in [1.807, 2.05) is 60.1 Å². The molecule has 0 aliphatic heterocycles. The van der Waals surface area contributed by atoms with E-state index in [1.165, 1.54) is 24.3 Å². The first-order valence-corrected chi connectivity index (χ1v) is 11.3. The van der Waals surface area contributed by atoms with E-state index in [2.05, 4.69) is 15.0 Å². The van der Waals surface area contributed by atoms with Crippen LogP contribution in [0.2, 0.25) is 0 Å². The highest BCUT2D eigenvalue weighted by atomic mass is 32.2. The average Bonchev–Trinajstić information content (AvgIpc) is 3.11. The van der Waals surface area contributed by atoms with Gasteiger partial charge in [0, 0.05) is 30.4 Å². The normalized spacial score (nSPS) is 11.5. The van der Waals surface area contributed by atoms with Gasteiger partial charge in [-0.15, -0.1) is 0 Å². The molecule has 4 rings (SSSR count). The zero-order chi connectivity index (χ0) is 22.0. The molecule has 2 N–H and O–H groups in total. The molecule has 4 aromatic rings. The molecule has 8 heteroatoms. The molecule has 0 saturated carbocycles. The fourth-order valence-corrected chi connectivity index (χ4v) is 4.41. The smallest absolute Gasteiger partial charge is 0.255 e. The second kappa shape index (κ2) is 8.33. The van der Waals surface area contributed by atoms with Crippen LogP contribution < -0.4 is 10.0 Å². The summed E-state index contributed by atoms with van der Waals surface area (Å²) in [6, 6.07) is 21.2. The van der Waals surface area contributed by atoms with Crippen LogP contribution in [-0.2, 0) is 17.1 Å². The van der Waals surface area contributed by atoms with E-state index in [0.29, 0.717) is 17.8 Å². The molecule has 1 heterocycles. The Morgan fingerprint density at radius 2 is 1.65 bits per heavy atom. The number of amides is 1. The molecule has 0 aliphatic carbocycles. The minimum Gasteiger partial charge on any atom is -0.327 e. The van der Waals surface area contributed by atoms with Crippen molar-refractivity contribution in [1.82, 2.24) is 14.3 Å². The maximum absolute atomic E-state index is 12.5. The Hall–Kier alpha value is -3.49. The van der Waals surface area contributed by atoms with Gasteiger partial charge in [-0.3, -0.25) is 4.79 Å². The van der Waals surface area contributed by atoms with E-state index in [0.717, 1.165) is 22.4 Å². The highest BCUT2D eigenvalue weighted by molar-refractivity contribution is 7.89. The molecule has 0 radical (unpaired) electrons. The largest absolute Gasteiger partial charge is 0.327 e. The Kier molecular flexibility index (Phi) is 5.58. The number of carbonyl (C=O) groups is 1. The number of rotatable bonds is 6. The van der Waals surface area contributed by atoms with Crippen LogP contribution in [0, 0.1) is 0 Å². The summed E-state index contributed by atoms with van der Waals surface area (Å²) in [5.74, 6) is 0.527. The van der Waals surface area contributed by atoms with E-state index in [-0.39, 0.29) is 10.8 Å². The zero-order valence-corrected chi connectivity index (χ0v) is 18.0. The number of carbonyl (C=O) groups excluding carboxylic acids is 1. The first-order valence-electron chi connectivity index (χ1n) is 9.82. The molecule has 7 nitrogen and oxygen atoms in total. The van der Waals surface area contributed by atoms with Crippen molar-refractivity contribution in [2.75, 3.05) is 11.9 Å². The summed E-state index contributed by atoms with van der Waals surface area (Å²) in [6.45, 7) is 2.01. The Balaban J connectivity index is 1.50. The van der Waals surface area contributed by atoms with Crippen molar-refractivity contribution >= 4 is 32.7 Å². The Bertz CT molecular complexity index is 1340. The molecule has 0 unspecified atom stereocenters. The highest BCUT2D eigenvalue weighted by Gasteiger charge is 2.14. The minimum absolute atomic E-state index is 0.123. The minimum atomic E-state index is -3.55. The molecule has 0 aliphatic rings. The van der Waals surface area contributed by atoms with Gasteiger partial charge in [0.15, 0.2) is 0 Å². The highest BCUT2D eigenvalue weighted by Crippen LogP contribution is 2.25. The quantitative estimate of drug-likeness (QED) is 0.483. The molecule has 0 atom stereocenters. The Labute approximate surface area is 180 Å². The summed E-state index contributed by atoms with van der Waals surface area (Å²) in [7, 11) is -1.57. The summed E-state index contributed by atoms with van der Waals surface area (Å²) >= 11 is 0. The molecule has 31 heavy (non-hydrogen) atoms. The molecule has 1 aromatic heterocycles. The third-order valence-electron chi connectivity index (χ3n) is 4.95. The number of hydrogen-bond donors (Lipinski definition) is 2. The summed E-state index contributed by atoms with van der Waals surface area (Å²) in [5.41, 5.74) is 3.92. The van der Waals surface area contributed by atoms with E-state index < -0.39 is 10.0 Å². The molecule has 3 aromatic carbocycles. The van der Waals surface area contributed by atoms with Crippen molar-refractivity contribution in [2.24, 2.45) is 7.05 Å². The molecule has 0 bridgehead atoms. The van der Waals surface area contributed by atoms with Gasteiger partial charge >= 0.3 is 0 Å². The van der Waals surface area contributed by atoms with Gasteiger partial charge in [0.2, 0.25) is 10.0 Å². The van der Waals surface area contributed by atoms with Crippen molar-refractivity contribution in [3.05, 3.63) is 78.4 Å². The fourth-order valence-electron chi connectivity index (χ4n) is 3.37. The number of nitrogens with zero attached hydrogens (tertiary/aromatic N) is 2. The van der Waals surface area contributed by atoms with Crippen LogP contribution in [0.15, 0.2) is 77.7 Å². The maximum Gasteiger partial charge on any atom is 0.255 e. The molecule has 0 fully saturated rings. The Morgan fingerprint density at radius 1 is 0.968 bits per heavy atom. The summed E-state index contributed by atoms with van der Waals surface area (Å²) < 4.78 is 28.5. The number of imidazole rings is 1. The standard InChI is InChI=1S/C23H22N4O3S/c1-3-24-31(29,30)19-14-10-17(11-15-19)23(28)25-18-12-8-16(9-13-18)22-26-20-6-4-5-7-21(20)27(22)2/h4-15,24H,3H2,1-2H3,(H,25,28). The second-order valence-electron chi connectivity index (χ2n) is 7.04. The Morgan fingerprint density at radius 3 is 2.29 bits per heavy atom. The number of aryl methyl sites for hydroxylation is 1. The lowest BCUT2D eigenvalue weighted by Gasteiger charge is -2.08. The first-order chi connectivity index (χ1) is 14.9. The number of fused-ring (bicyclic) bond motifs is 1. The number of anilines is 1. The monoisotopic (exact) mass is 434 g/mol. The van der Waals surface area contributed by atoms with Crippen molar-refractivity contribution in [3.63, 3.8) is 0 Å². The number of sulfonamides is 1. The van der Waals surface area contributed by atoms with Gasteiger partial charge < -0.3 is 9.88 Å². The number of benzene rings is 3. The number of nitrogens with one attached hydrogen (secondary N) is 2. The van der Waals surface area contributed by atoms with E-state index in [9.17, 15) is 13.2 Å². The van der Waals surface area contributed by atoms with Gasteiger partial charge in [-0.05, 0) is 60.7 Å². The van der Waals surface area contributed by atoms with Crippen molar-refractivity contribution < 1.29 is 13.2 Å². The van der Waals surface area contributed by atoms with Crippen LogP contribution in [0.5, 0.6) is 0 Å². The average molecular weight is 435 g/mol. The third-order valence-corrected chi connectivity index (χ3v) is 6.51. The lowest BCUT2D eigenvalue weighted by atomic mass is 10.1. The van der Waals surface area contributed by atoms with Crippen molar-refractivity contribution in [2.45, 2.75) is 11.8 Å². The molecular formula is C23H22N4O3S. The first kappa shape index (κ1) is 20.8. The van der Waals surface area contributed by atoms with Crippen molar-refractivity contribution in [1.29, 1.82) is 0 Å². The van der Waals surface area contributed by atoms with Crippen LogP contribution in [-0.4, -0.2) is 30.4 Å². The van der Waals surface area contributed by atoms with E-state index >= 15 is 0 Å². The van der Waals surface area contributed by atoms with Gasteiger partial charge in [0.25, 0.3) is 5.91 Å². The van der Waals surface area contributed by atoms with Crippen LogP contribution >= 0.6 is 0 Å². The molecular weight excluding hydrogens is 412 g/mol. The zero-order valence-electron chi connectivity index (χ0n) is 17.2. The summed E-state index contributed by atoms with van der Waals surface area (Å²) in [4.78, 5) is 17.3. The van der Waals surface area contributed by atoms with Gasteiger partial charge in [-0.1, -0.05) is 19.1 Å². The molecule has 158 valence electrons. The second-order valence-corrected chi connectivity index (χ2v) is 8.81. The number of para-hydroxylation sites is 2. The fraction of sp³-hybridized carbons (Fsp3) is 0.130. The van der Waals surface area contributed by atoms with E-state index in [1.54, 1.807) is 6.92 Å². The van der Waals surface area contributed by atoms with Gasteiger partial charge in [0.05, 0.1) is 15.9 Å². The van der Waals surface area contributed by atoms with E-state index in [4.69, 9.17) is 0 Å². The summed E-state index contributed by atoms with van der Waals surface area (Å²) in [5, 5.41) is 2.83. The lowest BCUT2D eigenvalue weighted by molar-refractivity contribution is 0.102.